The molecule has 31 heavy (non-hydrogen) atoms. The Bertz CT molecular complexity index is 1010. The lowest BCUT2D eigenvalue weighted by atomic mass is 10.0. The van der Waals surface area contributed by atoms with Crippen LogP contribution < -0.4 is 16.0 Å². The molecule has 0 aromatic heterocycles. The molecule has 9 nitrogen and oxygen atoms in total. The highest BCUT2D eigenvalue weighted by Crippen LogP contribution is 2.30. The van der Waals surface area contributed by atoms with Crippen molar-refractivity contribution in [1.82, 2.24) is 9.91 Å². The first-order valence-electron chi connectivity index (χ1n) is 10.8. The molecule has 9 heteroatoms. The van der Waals surface area contributed by atoms with E-state index in [1.165, 1.54) is 12.8 Å². The summed E-state index contributed by atoms with van der Waals surface area (Å²) in [7, 11) is 0. The van der Waals surface area contributed by atoms with E-state index in [-0.39, 0.29) is 5.91 Å². The number of carbonyl (C=O) groups is 2. The van der Waals surface area contributed by atoms with Gasteiger partial charge in [0.2, 0.25) is 0 Å². The number of carbonyl (C=O) groups excluding carboxylic acids is 2. The minimum atomic E-state index is -1.01. The van der Waals surface area contributed by atoms with Crippen LogP contribution in [0.25, 0.3) is 0 Å². The summed E-state index contributed by atoms with van der Waals surface area (Å²) >= 11 is 0. The number of anilines is 2. The molecule has 162 valence electrons. The fourth-order valence-electron chi connectivity index (χ4n) is 4.40. The first-order valence-corrected chi connectivity index (χ1v) is 10.8. The Hall–Kier alpha value is -3.20. The van der Waals surface area contributed by atoms with Gasteiger partial charge in [-0.1, -0.05) is 0 Å². The number of nitrogens with one attached hydrogen (secondary N) is 1. The highest BCUT2D eigenvalue weighted by atomic mass is 16.2. The second kappa shape index (κ2) is 7.49. The number of nitrogens with two attached hydrogens (primary N) is 1. The van der Waals surface area contributed by atoms with E-state index in [1.54, 1.807) is 36.4 Å². The number of piperazine rings is 1. The lowest BCUT2D eigenvalue weighted by molar-refractivity contribution is -0.120. The van der Waals surface area contributed by atoms with Crippen LogP contribution in [0.3, 0.4) is 0 Å². The Balaban J connectivity index is 1.32. The molecule has 2 fully saturated rings. The van der Waals surface area contributed by atoms with Gasteiger partial charge in [0.15, 0.2) is 5.54 Å². The van der Waals surface area contributed by atoms with Crippen molar-refractivity contribution < 1.29 is 9.59 Å². The molecule has 1 aromatic rings. The standard InChI is InChI=1S/C22H27N7O2/c1-22(14-29-19(26-22)3-2-8-24-29)21(31)25-18-7-6-16(13-17(18)20(23)30)28-11-9-27(10-12-28)15-4-5-15/h2-3,6-8,13,15H,4-5,9-12,14H2,1H3,(H2,23,30)(H,25,31). The van der Waals surface area contributed by atoms with Crippen molar-refractivity contribution in [3.05, 3.63) is 35.9 Å². The van der Waals surface area contributed by atoms with Crippen LogP contribution in [0.1, 0.15) is 30.1 Å². The minimum Gasteiger partial charge on any atom is -0.369 e. The van der Waals surface area contributed by atoms with Crippen molar-refractivity contribution in [2.45, 2.75) is 31.3 Å². The van der Waals surface area contributed by atoms with Gasteiger partial charge in [-0.05, 0) is 50.1 Å². The molecule has 1 atom stereocenters. The Morgan fingerprint density at radius 2 is 1.97 bits per heavy atom. The summed E-state index contributed by atoms with van der Waals surface area (Å²) in [6, 6.07) is 6.25. The fourth-order valence-corrected chi connectivity index (χ4v) is 4.40. The number of aliphatic imine (C=N–C) groups is 1. The lowest BCUT2D eigenvalue weighted by Gasteiger charge is -2.36. The maximum absolute atomic E-state index is 13.1. The van der Waals surface area contributed by atoms with E-state index in [4.69, 9.17) is 5.73 Å². The number of benzene rings is 1. The van der Waals surface area contributed by atoms with E-state index in [0.29, 0.717) is 23.6 Å². The molecular weight excluding hydrogens is 394 g/mol. The second-order valence-corrected chi connectivity index (χ2v) is 8.73. The molecule has 3 heterocycles. The zero-order valence-electron chi connectivity index (χ0n) is 17.6. The maximum Gasteiger partial charge on any atom is 0.254 e. The van der Waals surface area contributed by atoms with E-state index >= 15 is 0 Å². The number of hydrogen-bond acceptors (Lipinski definition) is 7. The van der Waals surface area contributed by atoms with Gasteiger partial charge in [0.25, 0.3) is 11.8 Å². The molecule has 3 N–H and O–H groups in total. The van der Waals surface area contributed by atoms with E-state index in [2.05, 4.69) is 25.2 Å². The molecule has 1 saturated carbocycles. The number of nitrogens with zero attached hydrogens (tertiary/aromatic N) is 5. The second-order valence-electron chi connectivity index (χ2n) is 8.73. The van der Waals surface area contributed by atoms with E-state index in [9.17, 15) is 9.59 Å². The molecule has 1 aliphatic carbocycles. The smallest absolute Gasteiger partial charge is 0.254 e. The molecule has 5 rings (SSSR count). The molecular formula is C22H27N7O2. The lowest BCUT2D eigenvalue weighted by Crippen LogP contribution is -2.47. The van der Waals surface area contributed by atoms with Crippen LogP contribution in [0.2, 0.25) is 0 Å². The third-order valence-corrected chi connectivity index (χ3v) is 6.37. The molecule has 4 aliphatic rings. The minimum absolute atomic E-state index is 0.300. The molecule has 0 spiro atoms. The zero-order valence-corrected chi connectivity index (χ0v) is 17.6. The Kier molecular flexibility index (Phi) is 4.77. The van der Waals surface area contributed by atoms with Crippen molar-refractivity contribution >= 4 is 35.2 Å². The van der Waals surface area contributed by atoms with Crippen LogP contribution in [-0.2, 0) is 4.79 Å². The fraction of sp³-hybridized carbons (Fsp3) is 0.455. The number of amides is 2. The normalized spacial score (nSPS) is 25.4. The molecule has 1 saturated heterocycles. The van der Waals surface area contributed by atoms with E-state index in [0.717, 1.165) is 37.9 Å². The Morgan fingerprint density at radius 1 is 1.19 bits per heavy atom. The number of rotatable bonds is 5. The van der Waals surface area contributed by atoms with Crippen molar-refractivity contribution in [2.24, 2.45) is 15.8 Å². The van der Waals surface area contributed by atoms with Crippen LogP contribution in [0.4, 0.5) is 11.4 Å². The van der Waals surface area contributed by atoms with Gasteiger partial charge in [0, 0.05) is 44.1 Å². The number of allylic oxidation sites excluding steroid dienone is 1. The van der Waals surface area contributed by atoms with Crippen LogP contribution >= 0.6 is 0 Å². The number of hydrazone groups is 1. The summed E-state index contributed by atoms with van der Waals surface area (Å²) in [4.78, 5) is 34.6. The van der Waals surface area contributed by atoms with Crippen LogP contribution in [0.15, 0.2) is 40.4 Å². The van der Waals surface area contributed by atoms with Gasteiger partial charge < -0.3 is 16.0 Å². The Morgan fingerprint density at radius 3 is 2.65 bits per heavy atom. The van der Waals surface area contributed by atoms with E-state index < -0.39 is 11.4 Å². The van der Waals surface area contributed by atoms with Crippen molar-refractivity contribution in [3.63, 3.8) is 0 Å². The van der Waals surface area contributed by atoms with Gasteiger partial charge in [-0.15, -0.1) is 0 Å². The van der Waals surface area contributed by atoms with Crippen LogP contribution in [-0.4, -0.2) is 78.1 Å². The van der Waals surface area contributed by atoms with Crippen molar-refractivity contribution in [1.29, 1.82) is 0 Å². The Labute approximate surface area is 181 Å². The summed E-state index contributed by atoms with van der Waals surface area (Å²) in [6.07, 6.45) is 7.89. The van der Waals surface area contributed by atoms with E-state index in [1.807, 2.05) is 12.1 Å². The average molecular weight is 422 g/mol. The van der Waals surface area contributed by atoms with Crippen molar-refractivity contribution in [2.75, 3.05) is 42.9 Å². The summed E-state index contributed by atoms with van der Waals surface area (Å²) < 4.78 is 0. The first-order chi connectivity index (χ1) is 14.9. The molecule has 0 radical (unpaired) electrons. The third kappa shape index (κ3) is 3.81. The van der Waals surface area contributed by atoms with Crippen molar-refractivity contribution in [3.8, 4) is 0 Å². The van der Waals surface area contributed by atoms with Gasteiger partial charge in [-0.3, -0.25) is 14.5 Å². The molecule has 1 unspecified atom stereocenters. The van der Waals surface area contributed by atoms with Gasteiger partial charge in [-0.2, -0.15) is 5.10 Å². The summed E-state index contributed by atoms with van der Waals surface area (Å²) in [6.45, 7) is 5.99. The van der Waals surface area contributed by atoms with Gasteiger partial charge >= 0.3 is 0 Å². The highest BCUT2D eigenvalue weighted by molar-refractivity contribution is 6.09. The zero-order chi connectivity index (χ0) is 21.6. The largest absolute Gasteiger partial charge is 0.369 e. The van der Waals surface area contributed by atoms with Gasteiger partial charge in [0.05, 0.1) is 17.8 Å². The topological polar surface area (TPSA) is 107 Å². The maximum atomic E-state index is 13.1. The van der Waals surface area contributed by atoms with Gasteiger partial charge in [0.1, 0.15) is 5.84 Å². The monoisotopic (exact) mass is 421 g/mol. The van der Waals surface area contributed by atoms with Crippen LogP contribution in [0, 0.1) is 0 Å². The SMILES string of the molecule is CC1(C(=O)Nc2ccc(N3CCN(C4CC4)CC3)cc2C(N)=O)CN2N=CC=CC2=N1. The molecule has 3 aliphatic heterocycles. The van der Waals surface area contributed by atoms with Crippen LogP contribution in [0.5, 0.6) is 0 Å². The number of primary amides is 1. The molecule has 1 aromatic carbocycles. The average Bonchev–Trinajstić information content (AvgIpc) is 3.55. The predicted molar refractivity (Wildman–Crippen MR) is 121 cm³/mol. The summed E-state index contributed by atoms with van der Waals surface area (Å²) in [5.41, 5.74) is 6.32. The third-order valence-electron chi connectivity index (χ3n) is 6.37. The van der Waals surface area contributed by atoms with Gasteiger partial charge in [-0.25, -0.2) is 10.0 Å². The quantitative estimate of drug-likeness (QED) is 0.739. The number of hydrogen-bond donors (Lipinski definition) is 2. The number of amidine groups is 1. The number of fused-ring (bicyclic) bond motifs is 1. The first kappa shape index (κ1) is 19.7. The summed E-state index contributed by atoms with van der Waals surface area (Å²) in [5, 5.41) is 8.79. The summed E-state index contributed by atoms with van der Waals surface area (Å²) in [5.74, 6) is -0.219. The molecule has 2 amide bonds. The predicted octanol–water partition coefficient (Wildman–Crippen LogP) is 1.04. The highest BCUT2D eigenvalue weighted by Gasteiger charge is 2.42. The molecule has 0 bridgehead atoms.